The lowest BCUT2D eigenvalue weighted by atomic mass is 9.96. The van der Waals surface area contributed by atoms with Gasteiger partial charge in [0.1, 0.15) is 6.61 Å². The fraction of sp³-hybridized carbons (Fsp3) is 0.417. The maximum absolute atomic E-state index is 11.8. The Morgan fingerprint density at radius 3 is 2.73 bits per heavy atom. The van der Waals surface area contributed by atoms with E-state index in [4.69, 9.17) is 4.74 Å². The predicted octanol–water partition coefficient (Wildman–Crippen LogP) is 3.20. The molecule has 1 saturated carbocycles. The minimum absolute atomic E-state index is 0.0503. The van der Waals surface area contributed by atoms with Gasteiger partial charge in [-0.2, -0.15) is 0 Å². The number of benzene rings is 1. The molecule has 1 fully saturated rings. The van der Waals surface area contributed by atoms with Crippen LogP contribution in [0, 0.1) is 0 Å². The highest BCUT2D eigenvalue weighted by molar-refractivity contribution is 9.10. The Balaban J connectivity index is 1.92. The number of ketones is 1. The number of hydrogen-bond acceptors (Lipinski definition) is 2. The molecule has 80 valence electrons. The van der Waals surface area contributed by atoms with Crippen molar-refractivity contribution in [2.24, 2.45) is 0 Å². The molecule has 2 nitrogen and oxygen atoms in total. The van der Waals surface area contributed by atoms with Crippen LogP contribution in [0.5, 0.6) is 0 Å². The molecule has 0 unspecified atom stereocenters. The molecule has 1 aromatic carbocycles. The summed E-state index contributed by atoms with van der Waals surface area (Å²) >= 11 is 3.36. The average molecular weight is 269 g/mol. The summed E-state index contributed by atoms with van der Waals surface area (Å²) in [4.78, 5) is 11.8. The van der Waals surface area contributed by atoms with Gasteiger partial charge in [-0.25, -0.2) is 0 Å². The number of carbonyl (C=O) groups is 1. The Morgan fingerprint density at radius 2 is 2.13 bits per heavy atom. The van der Waals surface area contributed by atoms with Crippen LogP contribution in [0.2, 0.25) is 0 Å². The van der Waals surface area contributed by atoms with Crippen molar-refractivity contribution in [2.75, 3.05) is 6.61 Å². The van der Waals surface area contributed by atoms with Crippen molar-refractivity contribution < 1.29 is 9.53 Å². The van der Waals surface area contributed by atoms with E-state index in [9.17, 15) is 4.79 Å². The maximum Gasteiger partial charge on any atom is 0.189 e. The molecule has 0 radical (unpaired) electrons. The summed E-state index contributed by atoms with van der Waals surface area (Å²) < 4.78 is 6.32. The molecular weight excluding hydrogens is 256 g/mol. The summed E-state index contributed by atoms with van der Waals surface area (Å²) in [5.41, 5.74) is 0.705. The third kappa shape index (κ3) is 2.67. The number of ether oxygens (including phenoxy) is 1. The Morgan fingerprint density at radius 1 is 1.40 bits per heavy atom. The van der Waals surface area contributed by atoms with Gasteiger partial charge >= 0.3 is 0 Å². The fourth-order valence-corrected chi connectivity index (χ4v) is 2.00. The molecule has 0 aromatic heterocycles. The Labute approximate surface area is 97.8 Å². The van der Waals surface area contributed by atoms with Crippen molar-refractivity contribution in [3.05, 3.63) is 34.3 Å². The predicted molar refractivity (Wildman–Crippen MR) is 62.1 cm³/mol. The number of carbonyl (C=O) groups excluding carboxylic acids is 1. The summed E-state index contributed by atoms with van der Waals surface area (Å²) in [6.45, 7) is 0.202. The highest BCUT2D eigenvalue weighted by Crippen LogP contribution is 2.22. The van der Waals surface area contributed by atoms with Crippen molar-refractivity contribution >= 4 is 21.7 Å². The van der Waals surface area contributed by atoms with Gasteiger partial charge in [0, 0.05) is 10.0 Å². The van der Waals surface area contributed by atoms with Gasteiger partial charge in [0.2, 0.25) is 0 Å². The van der Waals surface area contributed by atoms with Gasteiger partial charge in [0.05, 0.1) is 6.10 Å². The van der Waals surface area contributed by atoms with Gasteiger partial charge in [0.15, 0.2) is 5.78 Å². The second-order valence-electron chi connectivity index (χ2n) is 3.77. The number of halogens is 1. The number of hydrogen-bond donors (Lipinski definition) is 0. The lowest BCUT2D eigenvalue weighted by Gasteiger charge is -2.25. The van der Waals surface area contributed by atoms with Crippen LogP contribution in [0.1, 0.15) is 29.6 Å². The third-order valence-electron chi connectivity index (χ3n) is 2.68. The van der Waals surface area contributed by atoms with E-state index in [1.54, 1.807) is 0 Å². The molecule has 0 bridgehead atoms. The summed E-state index contributed by atoms with van der Waals surface area (Å²) in [5.74, 6) is 0.0503. The minimum atomic E-state index is 0.0503. The van der Waals surface area contributed by atoms with E-state index < -0.39 is 0 Å². The number of rotatable bonds is 4. The van der Waals surface area contributed by atoms with E-state index in [0.717, 1.165) is 17.3 Å². The van der Waals surface area contributed by atoms with E-state index >= 15 is 0 Å². The van der Waals surface area contributed by atoms with Crippen LogP contribution in [0.3, 0.4) is 0 Å². The van der Waals surface area contributed by atoms with E-state index in [-0.39, 0.29) is 12.4 Å². The first-order valence-electron chi connectivity index (χ1n) is 5.16. The highest BCUT2D eigenvalue weighted by atomic mass is 79.9. The number of Topliss-reactive ketones (excluding diaryl/α,β-unsaturated/α-hetero) is 1. The van der Waals surface area contributed by atoms with E-state index in [1.165, 1.54) is 6.42 Å². The van der Waals surface area contributed by atoms with Crippen molar-refractivity contribution in [3.8, 4) is 0 Å². The maximum atomic E-state index is 11.8. The first kappa shape index (κ1) is 10.8. The lowest BCUT2D eigenvalue weighted by Crippen LogP contribution is -2.24. The summed E-state index contributed by atoms with van der Waals surface area (Å²) in [5, 5.41) is 0. The molecule has 1 aromatic rings. The Bertz CT molecular complexity index is 358. The molecule has 0 aliphatic heterocycles. The topological polar surface area (TPSA) is 26.3 Å². The van der Waals surface area contributed by atoms with Gasteiger partial charge in [0.25, 0.3) is 0 Å². The zero-order valence-corrected chi connectivity index (χ0v) is 10.00. The standard InChI is InChI=1S/C12H13BrO2/c13-11-7-2-1-6-10(11)12(14)8-15-9-4-3-5-9/h1-2,6-7,9H,3-5,8H2. The molecule has 1 aliphatic rings. The van der Waals surface area contributed by atoms with Crippen molar-refractivity contribution in [1.82, 2.24) is 0 Å². The fourth-order valence-electron chi connectivity index (χ4n) is 1.50. The second kappa shape index (κ2) is 4.90. The van der Waals surface area contributed by atoms with Crippen molar-refractivity contribution in [2.45, 2.75) is 25.4 Å². The van der Waals surface area contributed by atoms with Gasteiger partial charge in [-0.3, -0.25) is 4.79 Å². The van der Waals surface area contributed by atoms with Gasteiger partial charge in [-0.05, 0) is 25.3 Å². The smallest absolute Gasteiger partial charge is 0.189 e. The molecule has 2 rings (SSSR count). The van der Waals surface area contributed by atoms with Gasteiger partial charge in [-0.1, -0.05) is 34.1 Å². The molecule has 0 saturated heterocycles. The molecule has 0 N–H and O–H groups in total. The first-order chi connectivity index (χ1) is 7.27. The quantitative estimate of drug-likeness (QED) is 0.784. The van der Waals surface area contributed by atoms with Crippen molar-refractivity contribution in [3.63, 3.8) is 0 Å². The molecule has 15 heavy (non-hydrogen) atoms. The van der Waals surface area contributed by atoms with E-state index in [2.05, 4.69) is 15.9 Å². The van der Waals surface area contributed by atoms with Crippen LogP contribution in [-0.2, 0) is 4.74 Å². The van der Waals surface area contributed by atoms with E-state index in [1.807, 2.05) is 24.3 Å². The molecule has 1 aliphatic carbocycles. The highest BCUT2D eigenvalue weighted by Gasteiger charge is 2.19. The van der Waals surface area contributed by atoms with E-state index in [0.29, 0.717) is 11.7 Å². The van der Waals surface area contributed by atoms with Crippen LogP contribution >= 0.6 is 15.9 Å². The average Bonchev–Trinajstić information content (AvgIpc) is 2.16. The Kier molecular flexibility index (Phi) is 3.54. The molecule has 3 heteroatoms. The lowest BCUT2D eigenvalue weighted by molar-refractivity contribution is 0.00728. The summed E-state index contributed by atoms with van der Waals surface area (Å²) in [6, 6.07) is 7.45. The summed E-state index contributed by atoms with van der Waals surface area (Å²) in [6.07, 6.45) is 3.75. The van der Waals surface area contributed by atoms with Crippen molar-refractivity contribution in [1.29, 1.82) is 0 Å². The first-order valence-corrected chi connectivity index (χ1v) is 5.96. The zero-order chi connectivity index (χ0) is 10.7. The van der Waals surface area contributed by atoms with Crippen LogP contribution < -0.4 is 0 Å². The molecule has 0 heterocycles. The van der Waals surface area contributed by atoms with Gasteiger partial charge < -0.3 is 4.74 Å². The molecule has 0 spiro atoms. The monoisotopic (exact) mass is 268 g/mol. The van der Waals surface area contributed by atoms with Crippen LogP contribution in [-0.4, -0.2) is 18.5 Å². The minimum Gasteiger partial charge on any atom is -0.370 e. The third-order valence-corrected chi connectivity index (χ3v) is 3.37. The zero-order valence-electron chi connectivity index (χ0n) is 8.41. The van der Waals surface area contributed by atoms with Gasteiger partial charge in [-0.15, -0.1) is 0 Å². The second-order valence-corrected chi connectivity index (χ2v) is 4.62. The molecular formula is C12H13BrO2. The van der Waals surface area contributed by atoms with Crippen LogP contribution in [0.4, 0.5) is 0 Å². The normalized spacial score (nSPS) is 16.1. The Hall–Kier alpha value is -0.670. The summed E-state index contributed by atoms with van der Waals surface area (Å²) in [7, 11) is 0. The SMILES string of the molecule is O=C(COC1CCC1)c1ccccc1Br. The van der Waals surface area contributed by atoms with Crippen LogP contribution in [0.15, 0.2) is 28.7 Å². The molecule has 0 atom stereocenters. The molecule has 0 amide bonds. The largest absolute Gasteiger partial charge is 0.370 e. The van der Waals surface area contributed by atoms with Crippen LogP contribution in [0.25, 0.3) is 0 Å².